The number of aromatic nitrogens is 2. The highest BCUT2D eigenvalue weighted by molar-refractivity contribution is 6.29. The summed E-state index contributed by atoms with van der Waals surface area (Å²) in [6.07, 6.45) is 3.27. The van der Waals surface area contributed by atoms with Gasteiger partial charge in [0.15, 0.2) is 5.43 Å². The summed E-state index contributed by atoms with van der Waals surface area (Å²) >= 11 is 5.75. The third-order valence-electron chi connectivity index (χ3n) is 1.50. The van der Waals surface area contributed by atoms with E-state index < -0.39 is 0 Å². The number of nitrogens with one attached hydrogen (secondary N) is 1. The summed E-state index contributed by atoms with van der Waals surface area (Å²) in [6.45, 7) is 0. The molecule has 0 aliphatic carbocycles. The summed E-state index contributed by atoms with van der Waals surface area (Å²) in [5.41, 5.74) is 0.686. The summed E-state index contributed by atoms with van der Waals surface area (Å²) in [5, 5.41) is 0.569. The van der Waals surface area contributed by atoms with Crippen LogP contribution in [0, 0.1) is 0 Å². The first-order valence-electron chi connectivity index (χ1n) is 3.13. The quantitative estimate of drug-likeness (QED) is 0.632. The van der Waals surface area contributed by atoms with Crippen molar-refractivity contribution in [3.63, 3.8) is 0 Å². The maximum atomic E-state index is 10.8. The lowest BCUT2D eigenvalue weighted by Crippen LogP contribution is -1.98. The van der Waals surface area contributed by atoms with E-state index in [4.69, 9.17) is 11.6 Å². The summed E-state index contributed by atoms with van der Waals surface area (Å²) in [4.78, 5) is 13.7. The highest BCUT2D eigenvalue weighted by Gasteiger charge is 1.96. The molecule has 0 unspecified atom stereocenters. The average Bonchev–Trinajstić information content (AvgIpc) is 2.32. The van der Waals surface area contributed by atoms with E-state index in [0.717, 1.165) is 0 Å². The SMILES string of the molecule is O=c1ccn2c(Cl)c[nH]c2c1. The molecule has 2 aromatic heterocycles. The number of pyridine rings is 1. The summed E-state index contributed by atoms with van der Waals surface area (Å²) in [5.74, 6) is 0. The normalized spacial score (nSPS) is 10.6. The zero-order chi connectivity index (χ0) is 7.84. The highest BCUT2D eigenvalue weighted by Crippen LogP contribution is 2.08. The lowest BCUT2D eigenvalue weighted by Gasteiger charge is -1.90. The molecule has 0 fully saturated rings. The molecule has 0 saturated carbocycles. The van der Waals surface area contributed by atoms with Gasteiger partial charge in [-0.05, 0) is 0 Å². The van der Waals surface area contributed by atoms with Gasteiger partial charge in [-0.15, -0.1) is 0 Å². The second-order valence-corrected chi connectivity index (χ2v) is 2.62. The van der Waals surface area contributed by atoms with E-state index in [2.05, 4.69) is 4.98 Å². The molecular formula is C7H5ClN2O. The number of H-pyrrole nitrogens is 1. The van der Waals surface area contributed by atoms with Crippen molar-refractivity contribution < 1.29 is 0 Å². The van der Waals surface area contributed by atoms with Crippen LogP contribution in [0.2, 0.25) is 5.15 Å². The fourth-order valence-electron chi connectivity index (χ4n) is 0.981. The molecule has 1 N–H and O–H groups in total. The van der Waals surface area contributed by atoms with E-state index in [-0.39, 0.29) is 5.43 Å². The lowest BCUT2D eigenvalue weighted by molar-refractivity contribution is 1.18. The Morgan fingerprint density at radius 2 is 2.36 bits per heavy atom. The maximum absolute atomic E-state index is 10.8. The van der Waals surface area contributed by atoms with E-state index in [1.807, 2.05) is 0 Å². The first-order chi connectivity index (χ1) is 5.27. The smallest absolute Gasteiger partial charge is 0.183 e. The van der Waals surface area contributed by atoms with Gasteiger partial charge in [0.05, 0.1) is 0 Å². The predicted octanol–water partition coefficient (Wildman–Crippen LogP) is 1.28. The molecule has 3 nitrogen and oxygen atoms in total. The standard InChI is InChI=1S/C7H5ClN2O/c8-6-4-9-7-3-5(11)1-2-10(6)7/h1-4,9H. The van der Waals surface area contributed by atoms with E-state index in [1.54, 1.807) is 16.8 Å². The number of halogens is 1. The van der Waals surface area contributed by atoms with Crippen molar-refractivity contribution in [1.29, 1.82) is 0 Å². The van der Waals surface area contributed by atoms with Gasteiger partial charge >= 0.3 is 0 Å². The van der Waals surface area contributed by atoms with Crippen LogP contribution in [0.25, 0.3) is 5.65 Å². The van der Waals surface area contributed by atoms with Gasteiger partial charge in [-0.3, -0.25) is 9.20 Å². The fourth-order valence-corrected chi connectivity index (χ4v) is 1.18. The Morgan fingerprint density at radius 1 is 1.55 bits per heavy atom. The van der Waals surface area contributed by atoms with Crippen LogP contribution in [-0.4, -0.2) is 9.38 Å². The molecule has 0 bridgehead atoms. The number of rotatable bonds is 0. The van der Waals surface area contributed by atoms with Crippen LogP contribution in [0.3, 0.4) is 0 Å². The minimum absolute atomic E-state index is 0.0245. The Kier molecular flexibility index (Phi) is 1.26. The van der Waals surface area contributed by atoms with Crippen molar-refractivity contribution in [2.75, 3.05) is 0 Å². The Labute approximate surface area is 67.2 Å². The van der Waals surface area contributed by atoms with Crippen molar-refractivity contribution in [3.05, 3.63) is 39.9 Å². The molecule has 0 saturated heterocycles. The number of nitrogens with zero attached hydrogens (tertiary/aromatic N) is 1. The molecule has 11 heavy (non-hydrogen) atoms. The third kappa shape index (κ3) is 0.935. The van der Waals surface area contributed by atoms with Crippen molar-refractivity contribution in [1.82, 2.24) is 9.38 Å². The Balaban J connectivity index is 2.96. The summed E-state index contributed by atoms with van der Waals surface area (Å²) < 4.78 is 1.70. The molecule has 2 rings (SSSR count). The van der Waals surface area contributed by atoms with E-state index in [0.29, 0.717) is 10.8 Å². The largest absolute Gasteiger partial charge is 0.345 e. The number of fused-ring (bicyclic) bond motifs is 1. The van der Waals surface area contributed by atoms with E-state index in [9.17, 15) is 4.79 Å². The zero-order valence-corrected chi connectivity index (χ0v) is 6.30. The number of aromatic amines is 1. The Morgan fingerprint density at radius 3 is 3.18 bits per heavy atom. The van der Waals surface area contributed by atoms with Gasteiger partial charge in [0.1, 0.15) is 10.8 Å². The maximum Gasteiger partial charge on any atom is 0.183 e. The Bertz CT molecular complexity index is 443. The van der Waals surface area contributed by atoms with Crippen molar-refractivity contribution in [2.24, 2.45) is 0 Å². The van der Waals surface area contributed by atoms with Crippen LogP contribution in [0.4, 0.5) is 0 Å². The van der Waals surface area contributed by atoms with Crippen LogP contribution in [-0.2, 0) is 0 Å². The van der Waals surface area contributed by atoms with Crippen LogP contribution in [0.15, 0.2) is 29.3 Å². The van der Waals surface area contributed by atoms with Crippen LogP contribution < -0.4 is 5.43 Å². The van der Waals surface area contributed by atoms with Gasteiger partial charge in [-0.25, -0.2) is 0 Å². The van der Waals surface area contributed by atoms with E-state index >= 15 is 0 Å². The average molecular weight is 169 g/mol. The van der Waals surface area contributed by atoms with Gasteiger partial charge < -0.3 is 4.98 Å². The molecule has 2 aromatic rings. The molecule has 0 aliphatic rings. The minimum atomic E-state index is -0.0245. The fraction of sp³-hybridized carbons (Fsp3) is 0. The van der Waals surface area contributed by atoms with Crippen LogP contribution in [0.1, 0.15) is 0 Å². The zero-order valence-electron chi connectivity index (χ0n) is 5.54. The number of imidazole rings is 1. The number of hydrogen-bond acceptors (Lipinski definition) is 1. The molecule has 56 valence electrons. The third-order valence-corrected chi connectivity index (χ3v) is 1.79. The molecule has 0 atom stereocenters. The summed E-state index contributed by atoms with van der Waals surface area (Å²) in [7, 11) is 0. The molecule has 0 spiro atoms. The second kappa shape index (κ2) is 2.13. The highest BCUT2D eigenvalue weighted by atomic mass is 35.5. The van der Waals surface area contributed by atoms with E-state index in [1.165, 1.54) is 12.1 Å². The van der Waals surface area contributed by atoms with Crippen LogP contribution >= 0.6 is 11.6 Å². The van der Waals surface area contributed by atoms with Gasteiger partial charge in [0, 0.05) is 24.5 Å². The second-order valence-electron chi connectivity index (χ2n) is 2.23. The molecule has 0 radical (unpaired) electrons. The molecule has 2 heterocycles. The molecular weight excluding hydrogens is 164 g/mol. The van der Waals surface area contributed by atoms with Crippen molar-refractivity contribution in [2.45, 2.75) is 0 Å². The van der Waals surface area contributed by atoms with Crippen LogP contribution in [0.5, 0.6) is 0 Å². The molecule has 0 amide bonds. The first-order valence-corrected chi connectivity index (χ1v) is 3.50. The molecule has 0 aromatic carbocycles. The van der Waals surface area contributed by atoms with Crippen molar-refractivity contribution in [3.8, 4) is 0 Å². The topological polar surface area (TPSA) is 37.3 Å². The monoisotopic (exact) mass is 168 g/mol. The van der Waals surface area contributed by atoms with Gasteiger partial charge in [0.25, 0.3) is 0 Å². The number of hydrogen-bond donors (Lipinski definition) is 1. The minimum Gasteiger partial charge on any atom is -0.345 e. The summed E-state index contributed by atoms with van der Waals surface area (Å²) in [6, 6.07) is 2.96. The first kappa shape index (κ1) is 6.49. The predicted molar refractivity (Wildman–Crippen MR) is 43.0 cm³/mol. The molecule has 0 aliphatic heterocycles. The lowest BCUT2D eigenvalue weighted by atomic mass is 10.5. The molecule has 4 heteroatoms. The van der Waals surface area contributed by atoms with Crippen molar-refractivity contribution >= 4 is 17.2 Å². The van der Waals surface area contributed by atoms with Gasteiger partial charge in [-0.2, -0.15) is 0 Å². The Hall–Kier alpha value is -1.22. The van der Waals surface area contributed by atoms with Gasteiger partial charge in [0.2, 0.25) is 0 Å². The van der Waals surface area contributed by atoms with Gasteiger partial charge in [-0.1, -0.05) is 11.6 Å².